The monoisotopic (exact) mass is 959 g/mol. The Bertz CT molecular complexity index is 2690. The van der Waals surface area contributed by atoms with Gasteiger partial charge in [0.25, 0.3) is 5.91 Å². The van der Waals surface area contributed by atoms with E-state index in [1.165, 1.54) is 26.0 Å². The summed E-state index contributed by atoms with van der Waals surface area (Å²) in [6, 6.07) is 30.5. The van der Waals surface area contributed by atoms with Crippen LogP contribution in [0, 0.1) is 16.7 Å². The van der Waals surface area contributed by atoms with E-state index in [1.54, 1.807) is 86.6 Å². The molecule has 0 unspecified atom stereocenters. The van der Waals surface area contributed by atoms with Gasteiger partial charge >= 0.3 is 23.9 Å². The predicted octanol–water partition coefficient (Wildman–Crippen LogP) is 5.31. The number of fused-ring (bicyclic) bond motifs is 5. The highest BCUT2D eigenvalue weighted by Crippen LogP contribution is 2.64. The Morgan fingerprint density at radius 3 is 2.06 bits per heavy atom. The minimum atomic E-state index is -2.45. The Hall–Kier alpha value is -6.72. The average Bonchev–Trinajstić information content (AvgIpc) is 3.33. The van der Waals surface area contributed by atoms with E-state index in [1.807, 2.05) is 30.3 Å². The van der Waals surface area contributed by atoms with Gasteiger partial charge in [0, 0.05) is 37.7 Å². The van der Waals surface area contributed by atoms with Crippen LogP contribution in [0.4, 0.5) is 0 Å². The Morgan fingerprint density at radius 1 is 0.814 bits per heavy atom. The summed E-state index contributed by atoms with van der Waals surface area (Å²) in [6.45, 7) is 8.09. The number of carbonyl (C=O) groups excluding carboxylic acids is 6. The maximum absolute atomic E-state index is 15.7. The van der Waals surface area contributed by atoms with Crippen molar-refractivity contribution in [1.29, 1.82) is 0 Å². The SMILES string of the molecule is CC(=O)O[C@H]1C(=O)[C@@]2(C)[C@H]([C@H](OC(=O)c3cccc(OCc4ccccc4)c3)[C@]3(O)C[C@H](OC(=O)[C@H](O)[C@@H](NC(=O)c4ccccc4)c4ccccc4)C(C)=C1C3(C)C)[C@]1(OC(C)=O)CO[C@@H]1C[C@@H]2O. The fourth-order valence-corrected chi connectivity index (χ4v) is 11.1. The number of aliphatic hydroxyl groups is 3. The van der Waals surface area contributed by atoms with Crippen LogP contribution in [0.25, 0.3) is 0 Å². The predicted molar refractivity (Wildman–Crippen MR) is 248 cm³/mol. The molecule has 2 bridgehead atoms. The molecule has 0 radical (unpaired) electrons. The van der Waals surface area contributed by atoms with E-state index in [2.05, 4.69) is 5.32 Å². The molecule has 1 amide bonds. The van der Waals surface area contributed by atoms with E-state index >= 15 is 4.79 Å². The second-order valence-corrected chi connectivity index (χ2v) is 19.3. The number of benzene rings is 4. The van der Waals surface area contributed by atoms with E-state index in [-0.39, 0.29) is 41.9 Å². The number of amides is 1. The standard InChI is InChI=1S/C54H57NO15/c1-30-38(68-50(63)43(59)42(34-19-12-8-13-20-34)55-48(61)35-21-14-9-15-22-35)27-54(64)47(69-49(62)36-23-16-24-37(25-36)65-28-33-17-10-7-11-18-33)45-52(6,39(58)26-40-53(45,29-66-40)70-32(3)57)46(60)44(67-31(2)56)41(30)51(54,4)5/h7-25,38-40,42-45,47,58-59,64H,26-29H2,1-6H3,(H,55,61)/t38-,39-,40+,42-,43+,44+,45-,47-,52+,53-,54+/m0/s1. The van der Waals surface area contributed by atoms with Crippen LogP contribution in [0.2, 0.25) is 0 Å². The lowest BCUT2D eigenvalue weighted by Gasteiger charge is -2.67. The van der Waals surface area contributed by atoms with Crippen LogP contribution in [0.3, 0.4) is 0 Å². The van der Waals surface area contributed by atoms with Gasteiger partial charge in [0.1, 0.15) is 36.3 Å². The number of Topliss-reactive ketones (excluding diaryl/α,β-unsaturated/α-hetero) is 1. The summed E-state index contributed by atoms with van der Waals surface area (Å²) in [5.41, 5.74) is -6.53. The summed E-state index contributed by atoms with van der Waals surface area (Å²) < 4.78 is 36.7. The molecule has 4 aliphatic rings. The van der Waals surface area contributed by atoms with Gasteiger partial charge in [0.05, 0.1) is 35.6 Å². The van der Waals surface area contributed by atoms with Gasteiger partial charge in [-0.05, 0) is 66.5 Å². The topological polar surface area (TPSA) is 231 Å². The Balaban J connectivity index is 1.25. The molecule has 4 N–H and O–H groups in total. The Kier molecular flexibility index (Phi) is 13.7. The lowest BCUT2D eigenvalue weighted by Crippen LogP contribution is -2.82. The number of esters is 4. The smallest absolute Gasteiger partial charge is 0.338 e. The number of nitrogens with one attached hydrogen (secondary N) is 1. The lowest BCUT2D eigenvalue weighted by molar-refractivity contribution is -0.346. The average molecular weight is 960 g/mol. The molecular weight excluding hydrogens is 903 g/mol. The van der Waals surface area contributed by atoms with Crippen molar-refractivity contribution in [1.82, 2.24) is 5.32 Å². The van der Waals surface area contributed by atoms with Crippen molar-refractivity contribution in [2.45, 2.75) is 115 Å². The minimum Gasteiger partial charge on any atom is -0.489 e. The molecule has 368 valence electrons. The molecule has 2 saturated carbocycles. The zero-order chi connectivity index (χ0) is 50.3. The van der Waals surface area contributed by atoms with Crippen molar-refractivity contribution in [3.05, 3.63) is 149 Å². The first-order valence-corrected chi connectivity index (χ1v) is 23.1. The van der Waals surface area contributed by atoms with Gasteiger partial charge in [-0.1, -0.05) is 98.8 Å². The third-order valence-corrected chi connectivity index (χ3v) is 14.8. The van der Waals surface area contributed by atoms with Gasteiger partial charge in [0.15, 0.2) is 23.6 Å². The quantitative estimate of drug-likeness (QED) is 0.0756. The van der Waals surface area contributed by atoms with Crippen molar-refractivity contribution in [3.8, 4) is 5.75 Å². The molecule has 8 rings (SSSR count). The van der Waals surface area contributed by atoms with Gasteiger partial charge in [-0.2, -0.15) is 0 Å². The summed E-state index contributed by atoms with van der Waals surface area (Å²) in [4.78, 5) is 84.8. The summed E-state index contributed by atoms with van der Waals surface area (Å²) in [6.07, 6.45) is -10.8. The first-order valence-electron chi connectivity index (χ1n) is 23.1. The van der Waals surface area contributed by atoms with E-state index < -0.39 is 113 Å². The molecule has 4 aromatic rings. The minimum absolute atomic E-state index is 0.0246. The Labute approximate surface area is 404 Å². The molecule has 1 aliphatic heterocycles. The maximum Gasteiger partial charge on any atom is 0.338 e. The number of hydrogen-bond donors (Lipinski definition) is 4. The first-order chi connectivity index (χ1) is 33.2. The molecule has 1 heterocycles. The van der Waals surface area contributed by atoms with Gasteiger partial charge < -0.3 is 49.1 Å². The Morgan fingerprint density at radius 2 is 1.44 bits per heavy atom. The van der Waals surface area contributed by atoms with Crippen LogP contribution >= 0.6 is 0 Å². The second kappa shape index (κ2) is 19.2. The summed E-state index contributed by atoms with van der Waals surface area (Å²) in [5.74, 6) is -6.75. The molecule has 1 saturated heterocycles. The van der Waals surface area contributed by atoms with Crippen LogP contribution in [0.15, 0.2) is 126 Å². The zero-order valence-electron chi connectivity index (χ0n) is 39.7. The van der Waals surface area contributed by atoms with Crippen LogP contribution in [-0.4, -0.2) is 105 Å². The molecule has 0 spiro atoms. The fourth-order valence-electron chi connectivity index (χ4n) is 11.1. The third-order valence-electron chi connectivity index (χ3n) is 14.8. The van der Waals surface area contributed by atoms with Gasteiger partial charge in [-0.15, -0.1) is 0 Å². The van der Waals surface area contributed by atoms with E-state index in [0.29, 0.717) is 11.3 Å². The van der Waals surface area contributed by atoms with Crippen molar-refractivity contribution >= 4 is 35.6 Å². The molecule has 3 fully saturated rings. The van der Waals surface area contributed by atoms with Gasteiger partial charge in [-0.3, -0.25) is 19.2 Å². The van der Waals surface area contributed by atoms with Crippen molar-refractivity contribution in [2.24, 2.45) is 16.7 Å². The van der Waals surface area contributed by atoms with Gasteiger partial charge in [0.2, 0.25) is 0 Å². The molecule has 11 atom stereocenters. The summed E-state index contributed by atoms with van der Waals surface area (Å²) >= 11 is 0. The lowest BCUT2D eigenvalue weighted by atomic mass is 9.44. The molecule has 4 aromatic carbocycles. The van der Waals surface area contributed by atoms with Crippen LogP contribution in [0.1, 0.15) is 92.3 Å². The number of carbonyl (C=O) groups is 6. The zero-order valence-corrected chi connectivity index (χ0v) is 39.7. The number of ketones is 1. The summed E-state index contributed by atoms with van der Waals surface area (Å²) in [5, 5.41) is 40.8. The second-order valence-electron chi connectivity index (χ2n) is 19.3. The van der Waals surface area contributed by atoms with Crippen LogP contribution in [0.5, 0.6) is 5.75 Å². The van der Waals surface area contributed by atoms with E-state index in [9.17, 15) is 39.3 Å². The number of rotatable bonds is 13. The van der Waals surface area contributed by atoms with Crippen LogP contribution in [-0.2, 0) is 49.5 Å². The fraction of sp³-hybridized carbons (Fsp3) is 0.407. The van der Waals surface area contributed by atoms with Crippen LogP contribution < -0.4 is 10.1 Å². The maximum atomic E-state index is 15.7. The summed E-state index contributed by atoms with van der Waals surface area (Å²) in [7, 11) is 0. The molecule has 3 aliphatic carbocycles. The first kappa shape index (κ1) is 49.7. The molecular formula is C54H57NO15. The number of ether oxygens (including phenoxy) is 6. The van der Waals surface area contributed by atoms with Crippen molar-refractivity contribution in [3.63, 3.8) is 0 Å². The normalized spacial score (nSPS) is 29.5. The van der Waals surface area contributed by atoms with E-state index in [0.717, 1.165) is 19.4 Å². The molecule has 0 aromatic heterocycles. The highest BCUT2D eigenvalue weighted by atomic mass is 16.6. The molecule has 16 nitrogen and oxygen atoms in total. The largest absolute Gasteiger partial charge is 0.489 e. The molecule has 16 heteroatoms. The highest BCUT2D eigenvalue weighted by Gasteiger charge is 2.78. The number of hydrogen-bond acceptors (Lipinski definition) is 15. The third kappa shape index (κ3) is 8.78. The number of aliphatic hydroxyl groups excluding tert-OH is 2. The van der Waals surface area contributed by atoms with E-state index in [4.69, 9.17) is 28.4 Å². The van der Waals surface area contributed by atoms with Gasteiger partial charge in [-0.25, -0.2) is 9.59 Å². The van der Waals surface area contributed by atoms with Crippen molar-refractivity contribution < 1.29 is 72.5 Å². The molecule has 70 heavy (non-hydrogen) atoms. The van der Waals surface area contributed by atoms with Crippen molar-refractivity contribution in [2.75, 3.05) is 6.61 Å². The highest BCUT2D eigenvalue weighted by molar-refractivity contribution is 5.96.